The quantitative estimate of drug-likeness (QED) is 0.688. The van der Waals surface area contributed by atoms with Crippen molar-refractivity contribution in [2.24, 2.45) is 5.92 Å². The van der Waals surface area contributed by atoms with Gasteiger partial charge in [-0.3, -0.25) is 10.6 Å². The van der Waals surface area contributed by atoms with E-state index in [1.54, 1.807) is 0 Å². The van der Waals surface area contributed by atoms with Crippen LogP contribution in [-0.4, -0.2) is 18.8 Å². The zero-order valence-electron chi connectivity index (χ0n) is 8.56. The second kappa shape index (κ2) is 4.59. The Bertz CT molecular complexity index is 189. The van der Waals surface area contributed by atoms with Crippen molar-refractivity contribution < 1.29 is 0 Å². The minimum absolute atomic E-state index is 0.123. The van der Waals surface area contributed by atoms with E-state index in [-0.39, 0.29) is 5.66 Å². The molecular formula is C10H19N3. The molecule has 0 spiro atoms. The van der Waals surface area contributed by atoms with Crippen LogP contribution in [0.1, 0.15) is 33.1 Å². The maximum atomic E-state index is 8.80. The first-order chi connectivity index (χ1) is 6.25. The van der Waals surface area contributed by atoms with Crippen molar-refractivity contribution in [2.45, 2.75) is 38.8 Å². The summed E-state index contributed by atoms with van der Waals surface area (Å²) in [6, 6.07) is 2.27. The first-order valence-electron chi connectivity index (χ1n) is 5.12. The van der Waals surface area contributed by atoms with Crippen LogP contribution < -0.4 is 10.6 Å². The fraction of sp³-hybridized carbons (Fsp3) is 0.900. The maximum absolute atomic E-state index is 8.80. The van der Waals surface area contributed by atoms with Crippen LogP contribution in [0.3, 0.4) is 0 Å². The van der Waals surface area contributed by atoms with Crippen molar-refractivity contribution in [3.05, 3.63) is 0 Å². The van der Waals surface area contributed by atoms with Crippen molar-refractivity contribution in [3.8, 4) is 6.07 Å². The highest BCUT2D eigenvalue weighted by molar-refractivity contribution is 4.98. The topological polar surface area (TPSA) is 47.9 Å². The molecule has 3 heteroatoms. The van der Waals surface area contributed by atoms with Gasteiger partial charge in [-0.2, -0.15) is 5.26 Å². The van der Waals surface area contributed by atoms with Crippen LogP contribution in [0.25, 0.3) is 0 Å². The summed E-state index contributed by atoms with van der Waals surface area (Å²) in [5, 5.41) is 15.7. The Balaban J connectivity index is 2.67. The average Bonchev–Trinajstić information content (AvgIpc) is 2.18. The molecule has 0 aliphatic carbocycles. The lowest BCUT2D eigenvalue weighted by Gasteiger charge is -2.42. The Morgan fingerprint density at radius 3 is 2.54 bits per heavy atom. The summed E-state index contributed by atoms with van der Waals surface area (Å²) in [6.07, 6.45) is 2.81. The molecule has 0 aromatic heterocycles. The molecule has 0 radical (unpaired) electrons. The van der Waals surface area contributed by atoms with Gasteiger partial charge in [-0.05, 0) is 25.4 Å². The van der Waals surface area contributed by atoms with Crippen LogP contribution in [0.15, 0.2) is 0 Å². The Hall–Kier alpha value is -0.590. The molecular weight excluding hydrogens is 162 g/mol. The Kier molecular flexibility index (Phi) is 3.71. The molecule has 1 saturated heterocycles. The Morgan fingerprint density at radius 1 is 1.46 bits per heavy atom. The van der Waals surface area contributed by atoms with Crippen molar-refractivity contribution in [3.63, 3.8) is 0 Å². The second-order valence-corrected chi connectivity index (χ2v) is 3.82. The van der Waals surface area contributed by atoms with Crippen molar-refractivity contribution in [1.82, 2.24) is 10.6 Å². The van der Waals surface area contributed by atoms with Crippen molar-refractivity contribution in [1.29, 1.82) is 5.26 Å². The molecule has 0 saturated carbocycles. The zero-order valence-corrected chi connectivity index (χ0v) is 8.56. The standard InChI is InChI=1S/C10H19N3/c1-3-9(2)10(5-6-11)12-7-4-8-13-10/h9,12-13H,3-5,7-8H2,1-2H3. The van der Waals surface area contributed by atoms with Crippen LogP contribution in [0, 0.1) is 17.2 Å². The molecule has 1 aliphatic rings. The molecule has 1 rings (SSSR count). The van der Waals surface area contributed by atoms with Crippen LogP contribution in [-0.2, 0) is 0 Å². The molecule has 74 valence electrons. The Labute approximate surface area is 80.5 Å². The van der Waals surface area contributed by atoms with E-state index in [9.17, 15) is 0 Å². The first-order valence-corrected chi connectivity index (χ1v) is 5.12. The van der Waals surface area contributed by atoms with Gasteiger partial charge in [-0.15, -0.1) is 0 Å². The number of hydrogen-bond acceptors (Lipinski definition) is 3. The van der Waals surface area contributed by atoms with Crippen LogP contribution in [0.5, 0.6) is 0 Å². The van der Waals surface area contributed by atoms with E-state index in [1.807, 2.05) is 0 Å². The fourth-order valence-corrected chi connectivity index (χ4v) is 1.89. The van der Waals surface area contributed by atoms with E-state index in [0.29, 0.717) is 12.3 Å². The summed E-state index contributed by atoms with van der Waals surface area (Å²) < 4.78 is 0. The molecule has 1 atom stereocenters. The van der Waals surface area contributed by atoms with E-state index in [1.165, 1.54) is 0 Å². The molecule has 0 bridgehead atoms. The van der Waals surface area contributed by atoms with Gasteiger partial charge in [-0.25, -0.2) is 0 Å². The minimum atomic E-state index is -0.123. The van der Waals surface area contributed by atoms with E-state index >= 15 is 0 Å². The summed E-state index contributed by atoms with van der Waals surface area (Å²) in [5.41, 5.74) is -0.123. The smallest absolute Gasteiger partial charge is 0.0846 e. The van der Waals surface area contributed by atoms with Crippen LogP contribution in [0.2, 0.25) is 0 Å². The van der Waals surface area contributed by atoms with Gasteiger partial charge >= 0.3 is 0 Å². The monoisotopic (exact) mass is 181 g/mol. The molecule has 0 amide bonds. The maximum Gasteiger partial charge on any atom is 0.0846 e. The highest BCUT2D eigenvalue weighted by atomic mass is 15.2. The lowest BCUT2D eigenvalue weighted by molar-refractivity contribution is 0.144. The summed E-state index contributed by atoms with van der Waals surface area (Å²) in [7, 11) is 0. The molecule has 13 heavy (non-hydrogen) atoms. The molecule has 1 unspecified atom stereocenters. The van der Waals surface area contributed by atoms with Gasteiger partial charge in [0, 0.05) is 0 Å². The second-order valence-electron chi connectivity index (χ2n) is 3.82. The highest BCUT2D eigenvalue weighted by Gasteiger charge is 2.35. The van der Waals surface area contributed by atoms with Gasteiger partial charge in [0.05, 0.1) is 18.2 Å². The van der Waals surface area contributed by atoms with E-state index in [0.717, 1.165) is 25.9 Å². The summed E-state index contributed by atoms with van der Waals surface area (Å²) >= 11 is 0. The van der Waals surface area contributed by atoms with Gasteiger partial charge in [0.25, 0.3) is 0 Å². The predicted molar refractivity (Wildman–Crippen MR) is 53.0 cm³/mol. The highest BCUT2D eigenvalue weighted by Crippen LogP contribution is 2.23. The van der Waals surface area contributed by atoms with Crippen LogP contribution in [0.4, 0.5) is 0 Å². The molecule has 1 aliphatic heterocycles. The van der Waals surface area contributed by atoms with E-state index in [2.05, 4.69) is 30.6 Å². The molecule has 1 fully saturated rings. The molecule has 1 heterocycles. The van der Waals surface area contributed by atoms with E-state index < -0.39 is 0 Å². The number of rotatable bonds is 3. The number of nitrogens with one attached hydrogen (secondary N) is 2. The van der Waals surface area contributed by atoms with Crippen molar-refractivity contribution in [2.75, 3.05) is 13.1 Å². The van der Waals surface area contributed by atoms with Gasteiger partial charge in [0.2, 0.25) is 0 Å². The largest absolute Gasteiger partial charge is 0.298 e. The first kappa shape index (κ1) is 10.5. The number of hydrogen-bond donors (Lipinski definition) is 2. The average molecular weight is 181 g/mol. The summed E-state index contributed by atoms with van der Waals surface area (Å²) in [6.45, 7) is 6.42. The summed E-state index contributed by atoms with van der Waals surface area (Å²) in [4.78, 5) is 0. The minimum Gasteiger partial charge on any atom is -0.298 e. The third kappa shape index (κ3) is 2.20. The van der Waals surface area contributed by atoms with Crippen molar-refractivity contribution >= 4 is 0 Å². The number of nitriles is 1. The SMILES string of the molecule is CCC(C)C1(CC#N)NCCCN1. The lowest BCUT2D eigenvalue weighted by Crippen LogP contribution is -2.64. The molecule has 2 N–H and O–H groups in total. The zero-order chi connectivity index (χ0) is 9.73. The molecule has 0 aromatic carbocycles. The van der Waals surface area contributed by atoms with Crippen LogP contribution >= 0.6 is 0 Å². The fourth-order valence-electron chi connectivity index (χ4n) is 1.89. The van der Waals surface area contributed by atoms with Gasteiger partial charge in [0.1, 0.15) is 0 Å². The lowest BCUT2D eigenvalue weighted by atomic mass is 9.87. The third-order valence-electron chi connectivity index (χ3n) is 3.05. The van der Waals surface area contributed by atoms with Gasteiger partial charge in [0.15, 0.2) is 0 Å². The van der Waals surface area contributed by atoms with Gasteiger partial charge in [-0.1, -0.05) is 20.3 Å². The molecule has 3 nitrogen and oxygen atoms in total. The Morgan fingerprint density at radius 2 is 2.08 bits per heavy atom. The predicted octanol–water partition coefficient (Wildman–Crippen LogP) is 1.23. The van der Waals surface area contributed by atoms with E-state index in [4.69, 9.17) is 5.26 Å². The third-order valence-corrected chi connectivity index (χ3v) is 3.05. The van der Waals surface area contributed by atoms with Gasteiger partial charge < -0.3 is 0 Å². The number of nitrogens with zero attached hydrogens (tertiary/aromatic N) is 1. The molecule has 0 aromatic rings. The normalized spacial score (nSPS) is 23.5. The summed E-state index contributed by atoms with van der Waals surface area (Å²) in [5.74, 6) is 0.507.